The molecule has 1 atom stereocenters. The molecule has 2 heterocycles. The molecule has 1 aromatic heterocycles. The number of nitrogens with zero attached hydrogens (tertiary/aromatic N) is 2. The van der Waals surface area contributed by atoms with Crippen LogP contribution in [-0.4, -0.2) is 54.8 Å². The van der Waals surface area contributed by atoms with Crippen molar-refractivity contribution in [1.82, 2.24) is 15.1 Å². The van der Waals surface area contributed by atoms with Gasteiger partial charge in [-0.15, -0.1) is 11.3 Å². The summed E-state index contributed by atoms with van der Waals surface area (Å²) in [4.78, 5) is 28.3. The number of thiophene rings is 1. The lowest BCUT2D eigenvalue weighted by molar-refractivity contribution is -0.139. The zero-order chi connectivity index (χ0) is 13.8. The van der Waals surface area contributed by atoms with Crippen LogP contribution in [-0.2, 0) is 9.59 Å². The molecular weight excluding hydrogens is 262 g/mol. The fraction of sp³-hybridized carbons (Fsp3) is 0.538. The first-order chi connectivity index (χ1) is 9.08. The van der Waals surface area contributed by atoms with Gasteiger partial charge in [-0.05, 0) is 25.4 Å². The maximum absolute atomic E-state index is 12.1. The van der Waals surface area contributed by atoms with Crippen molar-refractivity contribution in [1.29, 1.82) is 0 Å². The first kappa shape index (κ1) is 14.0. The maximum atomic E-state index is 12.1. The molecule has 1 N–H and O–H groups in total. The number of piperazine rings is 1. The zero-order valence-corrected chi connectivity index (χ0v) is 12.1. The van der Waals surface area contributed by atoms with Gasteiger partial charge in [-0.1, -0.05) is 6.07 Å². The van der Waals surface area contributed by atoms with Crippen molar-refractivity contribution >= 4 is 23.2 Å². The molecule has 1 fully saturated rings. The summed E-state index contributed by atoms with van der Waals surface area (Å²) in [6.07, 6.45) is 0. The van der Waals surface area contributed by atoms with Crippen LogP contribution < -0.4 is 5.32 Å². The van der Waals surface area contributed by atoms with Gasteiger partial charge < -0.3 is 10.2 Å². The fourth-order valence-electron chi connectivity index (χ4n) is 2.05. The Kier molecular flexibility index (Phi) is 4.55. The average molecular weight is 281 g/mol. The minimum Gasteiger partial charge on any atom is -0.353 e. The molecule has 1 aliphatic heterocycles. The van der Waals surface area contributed by atoms with Gasteiger partial charge in [-0.25, -0.2) is 0 Å². The number of carbonyl (C=O) groups is 2. The van der Waals surface area contributed by atoms with E-state index in [1.54, 1.807) is 16.2 Å². The SMILES string of the molecule is CC(c1cccs1)N(C)CC(=O)N1CCNC(=O)C1. The van der Waals surface area contributed by atoms with Gasteiger partial charge in [-0.3, -0.25) is 14.5 Å². The molecule has 1 aromatic rings. The standard InChI is InChI=1S/C13H19N3O2S/c1-10(11-4-3-7-19-11)15(2)9-13(18)16-6-5-14-12(17)8-16/h3-4,7,10H,5-6,8-9H2,1-2H3,(H,14,17). The Morgan fingerprint density at radius 3 is 3.05 bits per heavy atom. The van der Waals surface area contributed by atoms with Crippen LogP contribution in [0.2, 0.25) is 0 Å². The third-order valence-corrected chi connectivity index (χ3v) is 4.43. The summed E-state index contributed by atoms with van der Waals surface area (Å²) in [7, 11) is 1.94. The molecule has 0 spiro atoms. The van der Waals surface area contributed by atoms with E-state index >= 15 is 0 Å². The van der Waals surface area contributed by atoms with Crippen molar-refractivity contribution in [2.24, 2.45) is 0 Å². The molecule has 0 saturated carbocycles. The highest BCUT2D eigenvalue weighted by molar-refractivity contribution is 7.10. The summed E-state index contributed by atoms with van der Waals surface area (Å²) in [6, 6.07) is 4.30. The molecule has 6 heteroatoms. The largest absolute Gasteiger partial charge is 0.353 e. The van der Waals surface area contributed by atoms with Crippen molar-refractivity contribution in [2.75, 3.05) is 33.2 Å². The first-order valence-corrected chi connectivity index (χ1v) is 7.24. The number of likely N-dealkylation sites (N-methyl/N-ethyl adjacent to an activating group) is 1. The van der Waals surface area contributed by atoms with Crippen molar-refractivity contribution in [3.05, 3.63) is 22.4 Å². The Morgan fingerprint density at radius 2 is 2.42 bits per heavy atom. The van der Waals surface area contributed by atoms with E-state index in [1.807, 2.05) is 23.4 Å². The molecule has 0 radical (unpaired) electrons. The number of rotatable bonds is 4. The van der Waals surface area contributed by atoms with Crippen LogP contribution in [0.5, 0.6) is 0 Å². The van der Waals surface area contributed by atoms with Gasteiger partial charge in [0.2, 0.25) is 11.8 Å². The Labute approximate surface area is 117 Å². The molecule has 1 aliphatic rings. The van der Waals surface area contributed by atoms with E-state index in [1.165, 1.54) is 4.88 Å². The fourth-order valence-corrected chi connectivity index (χ4v) is 2.90. The molecule has 104 valence electrons. The lowest BCUT2D eigenvalue weighted by atomic mass is 10.2. The van der Waals surface area contributed by atoms with Crippen LogP contribution in [0.3, 0.4) is 0 Å². The highest BCUT2D eigenvalue weighted by atomic mass is 32.1. The first-order valence-electron chi connectivity index (χ1n) is 6.36. The third-order valence-electron chi connectivity index (χ3n) is 3.39. The van der Waals surface area contributed by atoms with Crippen LogP contribution in [0, 0.1) is 0 Å². The Hall–Kier alpha value is -1.40. The molecule has 19 heavy (non-hydrogen) atoms. The van der Waals surface area contributed by atoms with Crippen LogP contribution in [0.25, 0.3) is 0 Å². The predicted octanol–water partition coefficient (Wildman–Crippen LogP) is 0.699. The average Bonchev–Trinajstić information content (AvgIpc) is 2.91. The molecule has 0 bridgehead atoms. The van der Waals surface area contributed by atoms with Crippen LogP contribution in [0.1, 0.15) is 17.8 Å². The summed E-state index contributed by atoms with van der Waals surface area (Å²) in [5.41, 5.74) is 0. The second kappa shape index (κ2) is 6.16. The monoisotopic (exact) mass is 281 g/mol. The van der Waals surface area contributed by atoms with Gasteiger partial charge in [0.05, 0.1) is 13.1 Å². The van der Waals surface area contributed by atoms with Gasteiger partial charge in [-0.2, -0.15) is 0 Å². The number of hydrogen-bond acceptors (Lipinski definition) is 4. The molecule has 1 unspecified atom stereocenters. The van der Waals surface area contributed by atoms with Gasteiger partial charge in [0, 0.05) is 24.0 Å². The summed E-state index contributed by atoms with van der Waals surface area (Å²) in [5.74, 6) is -0.0608. The number of hydrogen-bond donors (Lipinski definition) is 1. The highest BCUT2D eigenvalue weighted by Crippen LogP contribution is 2.23. The summed E-state index contributed by atoms with van der Waals surface area (Å²) < 4.78 is 0. The van der Waals surface area contributed by atoms with Crippen molar-refractivity contribution in [2.45, 2.75) is 13.0 Å². The Bertz CT molecular complexity index is 447. The molecule has 1 saturated heterocycles. The molecule has 0 aliphatic carbocycles. The maximum Gasteiger partial charge on any atom is 0.239 e. The number of carbonyl (C=O) groups excluding carboxylic acids is 2. The quantitative estimate of drug-likeness (QED) is 0.884. The number of amides is 2. The Balaban J connectivity index is 1.89. The van der Waals surface area contributed by atoms with E-state index in [0.717, 1.165) is 0 Å². The van der Waals surface area contributed by atoms with Crippen LogP contribution >= 0.6 is 11.3 Å². The molecule has 0 aromatic carbocycles. The highest BCUT2D eigenvalue weighted by Gasteiger charge is 2.23. The third kappa shape index (κ3) is 3.54. The van der Waals surface area contributed by atoms with Crippen LogP contribution in [0.15, 0.2) is 17.5 Å². The second-order valence-electron chi connectivity index (χ2n) is 4.77. The van der Waals surface area contributed by atoms with Crippen molar-refractivity contribution in [3.63, 3.8) is 0 Å². The van der Waals surface area contributed by atoms with Gasteiger partial charge in [0.1, 0.15) is 0 Å². The predicted molar refractivity (Wildman–Crippen MR) is 75.0 cm³/mol. The van der Waals surface area contributed by atoms with Crippen molar-refractivity contribution in [3.8, 4) is 0 Å². The van der Waals surface area contributed by atoms with E-state index in [0.29, 0.717) is 19.6 Å². The van der Waals surface area contributed by atoms with E-state index in [-0.39, 0.29) is 24.4 Å². The minimum absolute atomic E-state index is 0.0146. The topological polar surface area (TPSA) is 52.7 Å². The molecule has 5 nitrogen and oxygen atoms in total. The normalized spacial score (nSPS) is 17.4. The van der Waals surface area contributed by atoms with Gasteiger partial charge in [0.25, 0.3) is 0 Å². The van der Waals surface area contributed by atoms with Gasteiger partial charge >= 0.3 is 0 Å². The van der Waals surface area contributed by atoms with E-state index in [4.69, 9.17) is 0 Å². The van der Waals surface area contributed by atoms with E-state index in [9.17, 15) is 9.59 Å². The van der Waals surface area contributed by atoms with E-state index < -0.39 is 0 Å². The lowest BCUT2D eigenvalue weighted by Gasteiger charge is -2.30. The summed E-state index contributed by atoms with van der Waals surface area (Å²) in [5, 5.41) is 4.76. The second-order valence-corrected chi connectivity index (χ2v) is 5.75. The number of nitrogens with one attached hydrogen (secondary N) is 1. The molecule has 2 amide bonds. The summed E-state index contributed by atoms with van der Waals surface area (Å²) in [6.45, 7) is 3.76. The van der Waals surface area contributed by atoms with Crippen LogP contribution in [0.4, 0.5) is 0 Å². The molecular formula is C13H19N3O2S. The lowest BCUT2D eigenvalue weighted by Crippen LogP contribution is -2.52. The summed E-state index contributed by atoms with van der Waals surface area (Å²) >= 11 is 1.69. The zero-order valence-electron chi connectivity index (χ0n) is 11.3. The molecule has 2 rings (SSSR count). The van der Waals surface area contributed by atoms with Gasteiger partial charge in [0.15, 0.2) is 0 Å². The van der Waals surface area contributed by atoms with E-state index in [2.05, 4.69) is 18.3 Å². The van der Waals surface area contributed by atoms with Crippen molar-refractivity contribution < 1.29 is 9.59 Å². The smallest absolute Gasteiger partial charge is 0.239 e. The minimum atomic E-state index is -0.0754. The Morgan fingerprint density at radius 1 is 1.63 bits per heavy atom.